The van der Waals surface area contributed by atoms with Crippen LogP contribution in [0.25, 0.3) is 0 Å². The van der Waals surface area contributed by atoms with Gasteiger partial charge >= 0.3 is 0 Å². The molecule has 4 saturated carbocycles. The molecule has 5 fully saturated rings. The van der Waals surface area contributed by atoms with Crippen molar-refractivity contribution in [1.82, 2.24) is 4.90 Å². The Hall–Kier alpha value is -0.160. The maximum absolute atomic E-state index is 12.6. The average Bonchev–Trinajstić information content (AvgIpc) is 3.10. The number of alkyl halides is 1. The number of halogens is 1. The molecule has 0 unspecified atom stereocenters. The summed E-state index contributed by atoms with van der Waals surface area (Å²) in [6, 6.07) is 0.272. The Morgan fingerprint density at radius 3 is 2.65 bits per heavy atom. The largest absolute Gasteiger partial charge is 0.391 e. The number of carbonyl (C=O) groups is 1. The molecule has 0 spiro atoms. The molecule has 31 heavy (non-hydrogen) atoms. The van der Waals surface area contributed by atoms with Gasteiger partial charge in [-0.25, -0.2) is 0 Å². The fourth-order valence-electron chi connectivity index (χ4n) is 9.42. The van der Waals surface area contributed by atoms with Gasteiger partial charge in [0, 0.05) is 25.0 Å². The zero-order valence-electron chi connectivity index (χ0n) is 19.7. The van der Waals surface area contributed by atoms with Gasteiger partial charge in [0.15, 0.2) is 5.78 Å². The highest BCUT2D eigenvalue weighted by Crippen LogP contribution is 2.67. The van der Waals surface area contributed by atoms with E-state index < -0.39 is 0 Å². The summed E-state index contributed by atoms with van der Waals surface area (Å²) < 4.78 is 5.79. The minimum Gasteiger partial charge on any atom is -0.391 e. The molecule has 1 saturated heterocycles. The second-order valence-electron chi connectivity index (χ2n) is 12.2. The van der Waals surface area contributed by atoms with Crippen LogP contribution in [-0.2, 0) is 9.53 Å². The molecule has 0 amide bonds. The van der Waals surface area contributed by atoms with Crippen molar-refractivity contribution in [2.75, 3.05) is 25.6 Å². The molecule has 4 aliphatic carbocycles. The van der Waals surface area contributed by atoms with Gasteiger partial charge < -0.3 is 9.84 Å². The lowest BCUT2D eigenvalue weighted by Crippen LogP contribution is -2.61. The first-order valence-electron chi connectivity index (χ1n) is 12.9. The van der Waals surface area contributed by atoms with Gasteiger partial charge in [-0.3, -0.25) is 9.69 Å². The molecule has 5 aliphatic rings. The van der Waals surface area contributed by atoms with Crippen LogP contribution >= 0.6 is 11.6 Å². The lowest BCUT2D eigenvalue weighted by molar-refractivity contribution is -0.160. The first-order valence-corrected chi connectivity index (χ1v) is 13.4. The van der Waals surface area contributed by atoms with Gasteiger partial charge in [-0.05, 0) is 92.8 Å². The molecular weight excluding hydrogens is 410 g/mol. The molecule has 1 N–H and O–H groups in total. The van der Waals surface area contributed by atoms with Gasteiger partial charge in [-0.2, -0.15) is 0 Å². The molecular formula is C26H42ClNO3. The maximum Gasteiger partial charge on any atom is 0.151 e. The van der Waals surface area contributed by atoms with E-state index in [0.717, 1.165) is 50.8 Å². The highest BCUT2D eigenvalue weighted by Gasteiger charge is 2.62. The Labute approximate surface area is 193 Å². The van der Waals surface area contributed by atoms with E-state index in [1.807, 2.05) is 0 Å². The highest BCUT2D eigenvalue weighted by molar-refractivity contribution is 6.28. The first-order chi connectivity index (χ1) is 14.8. The number of aliphatic hydroxyl groups is 1. The molecule has 0 aromatic rings. The maximum atomic E-state index is 12.6. The van der Waals surface area contributed by atoms with Crippen molar-refractivity contribution >= 4 is 17.4 Å². The van der Waals surface area contributed by atoms with Crippen molar-refractivity contribution in [3.05, 3.63) is 0 Å². The van der Waals surface area contributed by atoms with Gasteiger partial charge in [-0.15, -0.1) is 11.6 Å². The Morgan fingerprint density at radius 1 is 1.13 bits per heavy atom. The number of morpholine rings is 1. The molecule has 0 aromatic heterocycles. The first kappa shape index (κ1) is 22.6. The minimum atomic E-state index is -0.203. The lowest BCUT2D eigenvalue weighted by atomic mass is 9.44. The third kappa shape index (κ3) is 3.54. The lowest BCUT2D eigenvalue weighted by Gasteiger charge is -2.62. The van der Waals surface area contributed by atoms with Crippen molar-refractivity contribution in [2.45, 2.75) is 90.4 Å². The zero-order chi connectivity index (χ0) is 22.0. The van der Waals surface area contributed by atoms with E-state index in [9.17, 15) is 9.90 Å². The fourth-order valence-corrected chi connectivity index (χ4v) is 9.60. The van der Waals surface area contributed by atoms with Gasteiger partial charge in [0.2, 0.25) is 0 Å². The summed E-state index contributed by atoms with van der Waals surface area (Å²) in [7, 11) is 0. The molecule has 0 radical (unpaired) electrons. The van der Waals surface area contributed by atoms with Crippen LogP contribution in [0.4, 0.5) is 0 Å². The van der Waals surface area contributed by atoms with E-state index in [0.29, 0.717) is 17.3 Å². The number of Topliss-reactive ketones (excluding diaryl/α,β-unsaturated/α-hetero) is 1. The Kier molecular flexibility index (Phi) is 6.02. The minimum absolute atomic E-state index is 0.156. The Balaban J connectivity index is 1.38. The highest BCUT2D eigenvalue weighted by atomic mass is 35.5. The molecule has 4 nitrogen and oxygen atoms in total. The van der Waals surface area contributed by atoms with Gasteiger partial charge in [0.25, 0.3) is 0 Å². The van der Waals surface area contributed by atoms with Crippen LogP contribution in [0.2, 0.25) is 0 Å². The van der Waals surface area contributed by atoms with Crippen LogP contribution in [-0.4, -0.2) is 59.6 Å². The fraction of sp³-hybridized carbons (Fsp3) is 0.962. The van der Waals surface area contributed by atoms with Crippen LogP contribution in [0.3, 0.4) is 0 Å². The van der Waals surface area contributed by atoms with Crippen molar-refractivity contribution < 1.29 is 14.6 Å². The molecule has 5 heteroatoms. The molecule has 5 rings (SSSR count). The standard InChI is InChI=1S/C26H42ClNO3/c1-16-15-28(10-11-31-16)22-13-26(3)17(12-23(22)29)4-5-18-19-6-7-21(24(30)14-27)25(19,2)9-8-20(18)26/h16-23,29H,4-15H2,1-3H3/t16-,17+,18+,19+,20+,21-,22+,23+,25+,26+/m1/s1. The summed E-state index contributed by atoms with van der Waals surface area (Å²) in [6.45, 7) is 9.81. The van der Waals surface area contributed by atoms with Gasteiger partial charge in [0.05, 0.1) is 24.7 Å². The summed E-state index contributed by atoms with van der Waals surface area (Å²) in [6.07, 6.45) is 9.37. The summed E-state index contributed by atoms with van der Waals surface area (Å²) in [5.41, 5.74) is 0.466. The topological polar surface area (TPSA) is 49.8 Å². The molecule has 0 bridgehead atoms. The van der Waals surface area contributed by atoms with Crippen molar-refractivity contribution in [3.8, 4) is 0 Å². The molecule has 10 atom stereocenters. The second kappa shape index (κ2) is 8.25. The number of rotatable bonds is 3. The van der Waals surface area contributed by atoms with E-state index in [2.05, 4.69) is 25.7 Å². The Morgan fingerprint density at radius 2 is 1.90 bits per heavy atom. The number of aliphatic hydroxyl groups excluding tert-OH is 1. The number of fused-ring (bicyclic) bond motifs is 5. The van der Waals surface area contributed by atoms with Crippen LogP contribution in [0, 0.1) is 40.4 Å². The molecule has 1 heterocycles. The smallest absolute Gasteiger partial charge is 0.151 e. The number of ketones is 1. The van der Waals surface area contributed by atoms with E-state index in [4.69, 9.17) is 16.3 Å². The number of hydrogen-bond acceptors (Lipinski definition) is 4. The second-order valence-corrected chi connectivity index (χ2v) is 12.4. The predicted molar refractivity (Wildman–Crippen MR) is 123 cm³/mol. The van der Waals surface area contributed by atoms with Crippen molar-refractivity contribution in [3.63, 3.8) is 0 Å². The summed E-state index contributed by atoms with van der Waals surface area (Å²) in [5, 5.41) is 11.1. The SMILES string of the molecule is C[C@@H]1CN([C@H]2C[C@@]3(C)[C@@H](CC[C@@H]4[C@@H]3CC[C@]3(C)[C@@H](C(=O)CCl)CC[C@@H]43)C[C@@H]2O)CCO1. The third-order valence-electron chi connectivity index (χ3n) is 10.9. The number of carbonyl (C=O) groups excluding carboxylic acids is 1. The van der Waals surface area contributed by atoms with Crippen molar-refractivity contribution in [2.24, 2.45) is 40.4 Å². The number of nitrogens with zero attached hydrogens (tertiary/aromatic N) is 1. The normalized spacial score (nSPS) is 52.8. The van der Waals surface area contributed by atoms with Crippen LogP contribution < -0.4 is 0 Å². The van der Waals surface area contributed by atoms with Crippen LogP contribution in [0.5, 0.6) is 0 Å². The molecule has 0 aromatic carbocycles. The monoisotopic (exact) mass is 451 g/mol. The van der Waals surface area contributed by atoms with Gasteiger partial charge in [0.1, 0.15) is 0 Å². The van der Waals surface area contributed by atoms with E-state index in [1.165, 1.54) is 32.1 Å². The van der Waals surface area contributed by atoms with Gasteiger partial charge in [-0.1, -0.05) is 13.8 Å². The molecule has 1 aliphatic heterocycles. The average molecular weight is 452 g/mol. The Bertz CT molecular complexity index is 702. The van der Waals surface area contributed by atoms with Crippen LogP contribution in [0.15, 0.2) is 0 Å². The quantitative estimate of drug-likeness (QED) is 0.641. The van der Waals surface area contributed by atoms with E-state index in [-0.39, 0.29) is 41.2 Å². The predicted octanol–water partition coefficient (Wildman–Crippen LogP) is 4.51. The summed E-state index contributed by atoms with van der Waals surface area (Å²) in [5.74, 6) is 3.44. The van der Waals surface area contributed by atoms with Crippen LogP contribution in [0.1, 0.15) is 72.1 Å². The van der Waals surface area contributed by atoms with E-state index >= 15 is 0 Å². The van der Waals surface area contributed by atoms with E-state index in [1.54, 1.807) is 0 Å². The number of hydrogen-bond donors (Lipinski definition) is 1. The zero-order valence-corrected chi connectivity index (χ0v) is 20.4. The molecule has 176 valence electrons. The summed E-state index contributed by atoms with van der Waals surface area (Å²) >= 11 is 6.00. The summed E-state index contributed by atoms with van der Waals surface area (Å²) in [4.78, 5) is 15.2. The third-order valence-corrected chi connectivity index (χ3v) is 11.2. The van der Waals surface area contributed by atoms with Crippen molar-refractivity contribution in [1.29, 1.82) is 0 Å². The number of ether oxygens (including phenoxy) is 1.